The molecule has 1 N–H and O–H groups in total. The van der Waals surface area contributed by atoms with Gasteiger partial charge < -0.3 is 5.32 Å². The summed E-state index contributed by atoms with van der Waals surface area (Å²) in [5.74, 6) is -0.188. The molecule has 4 heteroatoms. The molecule has 1 aromatic carbocycles. The third-order valence-corrected chi connectivity index (χ3v) is 3.59. The molecule has 0 bridgehead atoms. The normalized spacial score (nSPS) is 19.8. The van der Waals surface area contributed by atoms with Crippen molar-refractivity contribution in [3.63, 3.8) is 0 Å². The van der Waals surface area contributed by atoms with Crippen LogP contribution in [0.3, 0.4) is 0 Å². The molecule has 1 heterocycles. The topological polar surface area (TPSA) is 52.9 Å². The van der Waals surface area contributed by atoms with E-state index >= 15 is 0 Å². The fourth-order valence-corrected chi connectivity index (χ4v) is 2.62. The lowest BCUT2D eigenvalue weighted by Crippen LogP contribution is -2.30. The maximum atomic E-state index is 11.6. The van der Waals surface area contributed by atoms with Crippen molar-refractivity contribution in [1.82, 2.24) is 5.32 Å². The minimum absolute atomic E-state index is 0.0396. The molecule has 1 amide bonds. The summed E-state index contributed by atoms with van der Waals surface area (Å²) in [6, 6.07) is 9.89. The van der Waals surface area contributed by atoms with E-state index in [4.69, 9.17) is 0 Å². The molecular formula is C13H11BrN2O. The van der Waals surface area contributed by atoms with Crippen LogP contribution in [0.15, 0.2) is 40.0 Å². The highest BCUT2D eigenvalue weighted by Gasteiger charge is 2.28. The van der Waals surface area contributed by atoms with Crippen LogP contribution in [0.2, 0.25) is 0 Å². The Bertz CT molecular complexity index is 543. The molecule has 0 radical (unpaired) electrons. The van der Waals surface area contributed by atoms with Crippen LogP contribution < -0.4 is 5.32 Å². The SMILES string of the molecule is CC1=C(C#N)C(c2ccccc2Br)CC(=O)N1. The predicted octanol–water partition coefficient (Wildman–Crippen LogP) is 2.85. The summed E-state index contributed by atoms with van der Waals surface area (Å²) in [4.78, 5) is 11.6. The summed E-state index contributed by atoms with van der Waals surface area (Å²) in [5.41, 5.74) is 2.28. The summed E-state index contributed by atoms with van der Waals surface area (Å²) < 4.78 is 0.931. The van der Waals surface area contributed by atoms with Crippen molar-refractivity contribution >= 4 is 21.8 Å². The fraction of sp³-hybridized carbons (Fsp3) is 0.231. The quantitative estimate of drug-likeness (QED) is 0.865. The first-order chi connectivity index (χ1) is 8.13. The second kappa shape index (κ2) is 4.72. The van der Waals surface area contributed by atoms with Crippen LogP contribution in [-0.4, -0.2) is 5.91 Å². The Balaban J connectivity index is 2.51. The molecular weight excluding hydrogens is 280 g/mol. The number of nitrogens with zero attached hydrogens (tertiary/aromatic N) is 1. The van der Waals surface area contributed by atoms with Crippen LogP contribution in [0.1, 0.15) is 24.8 Å². The van der Waals surface area contributed by atoms with Crippen LogP contribution in [0.25, 0.3) is 0 Å². The molecule has 0 saturated carbocycles. The Kier molecular flexibility index (Phi) is 3.30. The van der Waals surface area contributed by atoms with Crippen molar-refractivity contribution < 1.29 is 4.79 Å². The summed E-state index contributed by atoms with van der Waals surface area (Å²) in [5, 5.41) is 11.9. The Labute approximate surface area is 108 Å². The standard InChI is InChI=1S/C13H11BrN2O/c1-8-11(7-15)10(6-13(17)16-8)9-4-2-3-5-12(9)14/h2-5,10H,6H2,1H3,(H,16,17). The molecule has 0 spiro atoms. The van der Waals surface area contributed by atoms with Crippen LogP contribution in [-0.2, 0) is 4.79 Å². The molecule has 0 saturated heterocycles. The molecule has 1 unspecified atom stereocenters. The van der Waals surface area contributed by atoms with Crippen molar-refractivity contribution in [2.45, 2.75) is 19.3 Å². The number of hydrogen-bond donors (Lipinski definition) is 1. The van der Waals surface area contributed by atoms with E-state index in [0.29, 0.717) is 17.7 Å². The van der Waals surface area contributed by atoms with Crippen molar-refractivity contribution in [2.75, 3.05) is 0 Å². The van der Waals surface area contributed by atoms with Gasteiger partial charge in [-0.3, -0.25) is 4.79 Å². The minimum Gasteiger partial charge on any atom is -0.329 e. The van der Waals surface area contributed by atoms with Crippen molar-refractivity contribution in [3.05, 3.63) is 45.6 Å². The van der Waals surface area contributed by atoms with Gasteiger partial charge in [0, 0.05) is 22.5 Å². The number of carbonyl (C=O) groups excluding carboxylic acids is 1. The fourth-order valence-electron chi connectivity index (χ4n) is 2.06. The number of benzene rings is 1. The van der Waals surface area contributed by atoms with E-state index in [1.807, 2.05) is 24.3 Å². The lowest BCUT2D eigenvalue weighted by atomic mass is 9.85. The maximum Gasteiger partial charge on any atom is 0.225 e. The molecule has 86 valence electrons. The van der Waals surface area contributed by atoms with Crippen molar-refractivity contribution in [2.24, 2.45) is 0 Å². The first-order valence-corrected chi connectivity index (χ1v) is 6.08. The Morgan fingerprint density at radius 3 is 2.82 bits per heavy atom. The second-order valence-electron chi connectivity index (χ2n) is 3.98. The molecule has 1 atom stereocenters. The van der Waals surface area contributed by atoms with Gasteiger partial charge >= 0.3 is 0 Å². The summed E-state index contributed by atoms with van der Waals surface area (Å²) >= 11 is 3.46. The Hall–Kier alpha value is -1.60. The second-order valence-corrected chi connectivity index (χ2v) is 4.83. The molecule has 2 rings (SSSR count). The first-order valence-electron chi connectivity index (χ1n) is 5.28. The number of hydrogen-bond acceptors (Lipinski definition) is 2. The van der Waals surface area contributed by atoms with Crippen molar-refractivity contribution in [1.29, 1.82) is 5.26 Å². The van der Waals surface area contributed by atoms with Crippen molar-refractivity contribution in [3.8, 4) is 6.07 Å². The largest absolute Gasteiger partial charge is 0.329 e. The highest BCUT2D eigenvalue weighted by molar-refractivity contribution is 9.10. The zero-order valence-electron chi connectivity index (χ0n) is 9.33. The predicted molar refractivity (Wildman–Crippen MR) is 68.0 cm³/mol. The molecule has 1 aliphatic rings. The zero-order chi connectivity index (χ0) is 12.4. The molecule has 0 aliphatic carbocycles. The lowest BCUT2D eigenvalue weighted by Gasteiger charge is -2.24. The molecule has 3 nitrogen and oxygen atoms in total. The number of carbonyl (C=O) groups is 1. The third kappa shape index (κ3) is 2.25. The Morgan fingerprint density at radius 2 is 2.18 bits per heavy atom. The highest BCUT2D eigenvalue weighted by atomic mass is 79.9. The van der Waals surface area contributed by atoms with Crippen LogP contribution in [0.5, 0.6) is 0 Å². The van der Waals surface area contributed by atoms with Crippen LogP contribution in [0.4, 0.5) is 0 Å². The maximum absolute atomic E-state index is 11.6. The van der Waals surface area contributed by atoms with Gasteiger partial charge in [0.15, 0.2) is 0 Å². The van der Waals surface area contributed by atoms with Gasteiger partial charge in [-0.1, -0.05) is 34.1 Å². The van der Waals surface area contributed by atoms with Gasteiger partial charge in [0.05, 0.1) is 11.6 Å². The zero-order valence-corrected chi connectivity index (χ0v) is 10.9. The lowest BCUT2D eigenvalue weighted by molar-refractivity contribution is -0.121. The highest BCUT2D eigenvalue weighted by Crippen LogP contribution is 2.35. The van der Waals surface area contributed by atoms with E-state index in [1.54, 1.807) is 6.92 Å². The molecule has 1 aliphatic heterocycles. The van der Waals surface area contributed by atoms with E-state index in [2.05, 4.69) is 27.3 Å². The van der Waals surface area contributed by atoms with Gasteiger partial charge in [-0.2, -0.15) is 5.26 Å². The summed E-state index contributed by atoms with van der Waals surface area (Å²) in [6.07, 6.45) is 0.322. The molecule has 17 heavy (non-hydrogen) atoms. The van der Waals surface area contributed by atoms with E-state index in [9.17, 15) is 10.1 Å². The number of rotatable bonds is 1. The average molecular weight is 291 g/mol. The number of nitrogens with one attached hydrogen (secondary N) is 1. The Morgan fingerprint density at radius 1 is 1.47 bits per heavy atom. The molecule has 0 aromatic heterocycles. The third-order valence-electron chi connectivity index (χ3n) is 2.87. The van der Waals surface area contributed by atoms with Gasteiger partial charge in [0.2, 0.25) is 5.91 Å². The van der Waals surface area contributed by atoms with E-state index in [1.165, 1.54) is 0 Å². The first kappa shape index (κ1) is 11.9. The number of nitriles is 1. The minimum atomic E-state index is -0.149. The molecule has 1 aromatic rings. The summed E-state index contributed by atoms with van der Waals surface area (Å²) in [6.45, 7) is 1.76. The average Bonchev–Trinajstić information content (AvgIpc) is 2.28. The number of halogens is 1. The van der Waals surface area contributed by atoms with E-state index in [-0.39, 0.29) is 11.8 Å². The van der Waals surface area contributed by atoms with Crippen LogP contribution >= 0.6 is 15.9 Å². The van der Waals surface area contributed by atoms with E-state index in [0.717, 1.165) is 10.0 Å². The number of amides is 1. The monoisotopic (exact) mass is 290 g/mol. The van der Waals surface area contributed by atoms with Gasteiger partial charge in [0.25, 0.3) is 0 Å². The van der Waals surface area contributed by atoms with E-state index < -0.39 is 0 Å². The van der Waals surface area contributed by atoms with Gasteiger partial charge in [0.1, 0.15) is 0 Å². The van der Waals surface area contributed by atoms with Crippen LogP contribution in [0, 0.1) is 11.3 Å². The summed E-state index contributed by atoms with van der Waals surface area (Å²) in [7, 11) is 0. The van der Waals surface area contributed by atoms with Gasteiger partial charge in [-0.15, -0.1) is 0 Å². The molecule has 0 fully saturated rings. The van der Waals surface area contributed by atoms with Gasteiger partial charge in [-0.25, -0.2) is 0 Å². The van der Waals surface area contributed by atoms with Gasteiger partial charge in [-0.05, 0) is 18.6 Å². The number of allylic oxidation sites excluding steroid dienone is 2. The smallest absolute Gasteiger partial charge is 0.225 e.